The van der Waals surface area contributed by atoms with Crippen LogP contribution in [0, 0.1) is 0 Å². The zero-order valence-electron chi connectivity index (χ0n) is 5.82. The van der Waals surface area contributed by atoms with Crippen LogP contribution in [0.4, 0.5) is 0 Å². The molecule has 0 aliphatic rings. The van der Waals surface area contributed by atoms with Gasteiger partial charge in [-0.25, -0.2) is 0 Å². The van der Waals surface area contributed by atoms with Gasteiger partial charge in [-0.3, -0.25) is 0 Å². The Balaban J connectivity index is -0.000000120. The van der Waals surface area contributed by atoms with Crippen LogP contribution in [0.2, 0.25) is 5.15 Å². The van der Waals surface area contributed by atoms with Crippen LogP contribution in [-0.4, -0.2) is 28.0 Å². The summed E-state index contributed by atoms with van der Waals surface area (Å²) in [6.07, 6.45) is 1.78. The first-order valence-electron chi connectivity index (χ1n) is 1.68. The average molecular weight is 128 g/mol. The van der Waals surface area contributed by atoms with Gasteiger partial charge < -0.3 is 7.84 Å². The van der Waals surface area contributed by atoms with E-state index in [-0.39, 0.29) is 25.9 Å². The summed E-state index contributed by atoms with van der Waals surface area (Å²) >= 11 is 5.40. The number of hydrogen-bond acceptors (Lipinski definition) is 0. The fourth-order valence-corrected chi connectivity index (χ4v) is 0.444. The molecule has 1 rings (SSSR count). The van der Waals surface area contributed by atoms with E-state index in [1.54, 1.807) is 12.3 Å². The molecule has 0 atom stereocenters. The summed E-state index contributed by atoms with van der Waals surface area (Å²) < 4.78 is 0. The predicted molar refractivity (Wildman–Crippen MR) is 33.8 cm³/mol. The molecule has 0 amide bonds. The third-order valence-corrected chi connectivity index (χ3v) is 0.795. The fourth-order valence-electron chi connectivity index (χ4n) is 0.308. The van der Waals surface area contributed by atoms with Crippen LogP contribution < -0.4 is 0 Å². The Morgan fingerprint density at radius 1 is 1.71 bits per heavy atom. The Kier molecular flexibility index (Phi) is 3.51. The van der Waals surface area contributed by atoms with Crippen molar-refractivity contribution in [3.63, 3.8) is 0 Å². The van der Waals surface area contributed by atoms with E-state index >= 15 is 0 Å². The van der Waals surface area contributed by atoms with Crippen molar-refractivity contribution in [3.05, 3.63) is 23.5 Å². The number of rotatable bonds is 0. The van der Waals surface area contributed by atoms with Gasteiger partial charge in [0.25, 0.3) is 0 Å². The summed E-state index contributed by atoms with van der Waals surface area (Å²) in [4.78, 5) is 2.77. The number of aromatic nitrogens is 1. The molecule has 0 fully saturated rings. The maximum absolute atomic E-state index is 5.40. The monoisotopic (exact) mass is 127 g/mol. The molecule has 0 bridgehead atoms. The standard InChI is InChI=1S/C4H4ClN.Mg.2H/c5-4-2-1-3-6-4;;;/h1-3,6H;;;/q;+2;2*-1. The molecule has 0 unspecified atom stereocenters. The molecule has 36 valence electrons. The molecule has 1 nitrogen and oxygen atoms in total. The van der Waals surface area contributed by atoms with E-state index in [1.807, 2.05) is 6.07 Å². The van der Waals surface area contributed by atoms with Gasteiger partial charge in [0.05, 0.1) is 0 Å². The molecule has 0 saturated heterocycles. The minimum Gasteiger partial charge on any atom is -1.00 e. The Labute approximate surface area is 66.2 Å². The zero-order valence-corrected chi connectivity index (χ0v) is 5.99. The van der Waals surface area contributed by atoms with E-state index in [4.69, 9.17) is 11.6 Å². The quantitative estimate of drug-likeness (QED) is 0.509. The predicted octanol–water partition coefficient (Wildman–Crippen LogP) is 1.51. The summed E-state index contributed by atoms with van der Waals surface area (Å²) in [5, 5.41) is 0.690. The molecule has 0 aromatic carbocycles. The van der Waals surface area contributed by atoms with Crippen LogP contribution in [0.5, 0.6) is 0 Å². The van der Waals surface area contributed by atoms with Gasteiger partial charge in [-0.15, -0.1) is 0 Å². The van der Waals surface area contributed by atoms with Crippen LogP contribution in [0.25, 0.3) is 0 Å². The van der Waals surface area contributed by atoms with Crippen LogP contribution >= 0.6 is 11.6 Å². The molecule has 7 heavy (non-hydrogen) atoms. The molecule has 1 N–H and O–H groups in total. The first-order chi connectivity index (χ1) is 2.89. The van der Waals surface area contributed by atoms with Gasteiger partial charge in [0.2, 0.25) is 0 Å². The second-order valence-electron chi connectivity index (χ2n) is 1.02. The summed E-state index contributed by atoms with van der Waals surface area (Å²) in [6, 6.07) is 3.64. The van der Waals surface area contributed by atoms with Crippen molar-refractivity contribution in [3.8, 4) is 0 Å². The number of hydrogen-bond donors (Lipinski definition) is 1. The Bertz CT molecular complexity index is 122. The van der Waals surface area contributed by atoms with Crippen LogP contribution in [-0.2, 0) is 0 Å². The van der Waals surface area contributed by atoms with Crippen LogP contribution in [0.1, 0.15) is 2.85 Å². The van der Waals surface area contributed by atoms with Crippen LogP contribution in [0.15, 0.2) is 18.3 Å². The van der Waals surface area contributed by atoms with Crippen molar-refractivity contribution in [1.82, 2.24) is 4.98 Å². The maximum Gasteiger partial charge on any atom is 2.00 e. The Hall–Kier alpha value is 0.336. The summed E-state index contributed by atoms with van der Waals surface area (Å²) in [7, 11) is 0. The molecule has 0 aliphatic carbocycles. The molecule has 0 aliphatic heterocycles. The summed E-state index contributed by atoms with van der Waals surface area (Å²) in [5.41, 5.74) is 0. The van der Waals surface area contributed by atoms with Crippen molar-refractivity contribution < 1.29 is 2.85 Å². The smallest absolute Gasteiger partial charge is 1.00 e. The second kappa shape index (κ2) is 3.35. The van der Waals surface area contributed by atoms with Crippen molar-refractivity contribution in [2.24, 2.45) is 0 Å². The first-order valence-corrected chi connectivity index (χ1v) is 2.06. The van der Waals surface area contributed by atoms with E-state index in [0.717, 1.165) is 0 Å². The molecule has 0 radical (unpaired) electrons. The molecule has 0 saturated carbocycles. The minimum absolute atomic E-state index is 0. The van der Waals surface area contributed by atoms with Gasteiger partial charge in [-0.2, -0.15) is 0 Å². The van der Waals surface area contributed by atoms with Gasteiger partial charge in [-0.1, -0.05) is 11.6 Å². The van der Waals surface area contributed by atoms with E-state index < -0.39 is 0 Å². The van der Waals surface area contributed by atoms with E-state index in [0.29, 0.717) is 5.15 Å². The molecule has 3 heteroatoms. The topological polar surface area (TPSA) is 15.8 Å². The van der Waals surface area contributed by atoms with E-state index in [1.165, 1.54) is 0 Å². The SMILES string of the molecule is Clc1ccc[nH]1.[H-].[H-].[Mg+2]. The molecule has 1 heterocycles. The number of nitrogens with one attached hydrogen (secondary N) is 1. The van der Waals surface area contributed by atoms with E-state index in [2.05, 4.69) is 4.98 Å². The zero-order chi connectivity index (χ0) is 4.41. The maximum atomic E-state index is 5.40. The fraction of sp³-hybridized carbons (Fsp3) is 0. The molecule has 0 spiro atoms. The van der Waals surface area contributed by atoms with Crippen molar-refractivity contribution in [1.29, 1.82) is 0 Å². The van der Waals surface area contributed by atoms with Crippen molar-refractivity contribution in [2.75, 3.05) is 0 Å². The normalized spacial score (nSPS) is 7.57. The van der Waals surface area contributed by atoms with Crippen molar-refractivity contribution in [2.45, 2.75) is 0 Å². The Morgan fingerprint density at radius 2 is 2.43 bits per heavy atom. The number of aromatic amines is 1. The van der Waals surface area contributed by atoms with Crippen LogP contribution in [0.3, 0.4) is 0 Å². The third-order valence-electron chi connectivity index (χ3n) is 0.560. The van der Waals surface area contributed by atoms with Gasteiger partial charge in [-0.05, 0) is 12.1 Å². The largest absolute Gasteiger partial charge is 2.00 e. The Morgan fingerprint density at radius 3 is 2.57 bits per heavy atom. The third kappa shape index (κ3) is 2.21. The summed E-state index contributed by atoms with van der Waals surface area (Å²) in [6.45, 7) is 0. The molecule has 1 aromatic rings. The van der Waals surface area contributed by atoms with Gasteiger partial charge in [0, 0.05) is 6.20 Å². The van der Waals surface area contributed by atoms with Gasteiger partial charge in [0.1, 0.15) is 5.15 Å². The minimum atomic E-state index is 0. The number of H-pyrrole nitrogens is 1. The molecular formula is C4H6ClMgN. The van der Waals surface area contributed by atoms with Gasteiger partial charge >= 0.3 is 23.1 Å². The molecule has 1 aromatic heterocycles. The molecular weight excluding hydrogens is 122 g/mol. The first kappa shape index (κ1) is 7.34. The average Bonchev–Trinajstić information content (AvgIpc) is 1.86. The van der Waals surface area contributed by atoms with E-state index in [9.17, 15) is 0 Å². The van der Waals surface area contributed by atoms with Gasteiger partial charge in [0.15, 0.2) is 0 Å². The number of halogens is 1. The summed E-state index contributed by atoms with van der Waals surface area (Å²) in [5.74, 6) is 0. The second-order valence-corrected chi connectivity index (χ2v) is 1.43. The van der Waals surface area contributed by atoms with Crippen molar-refractivity contribution >= 4 is 34.7 Å².